The molecule has 46 valence electrons. The van der Waals surface area contributed by atoms with E-state index in [0.29, 0.717) is 0 Å². The van der Waals surface area contributed by atoms with Gasteiger partial charge in [0.15, 0.2) is 0 Å². The molecule has 0 fully saturated rings. The van der Waals surface area contributed by atoms with Crippen LogP contribution in [-0.4, -0.2) is 4.20 Å². The van der Waals surface area contributed by atoms with Gasteiger partial charge < -0.3 is 4.74 Å². The zero-order valence-corrected chi connectivity index (χ0v) is 6.83. The molecule has 0 aliphatic carbocycles. The molecule has 1 aromatic carbocycles. The predicted molar refractivity (Wildman–Crippen MR) is 45.9 cm³/mol. The summed E-state index contributed by atoms with van der Waals surface area (Å²) in [6.07, 6.45) is 0. The van der Waals surface area contributed by atoms with Crippen LogP contribution in [0.5, 0.6) is 5.75 Å². The third-order valence-corrected chi connectivity index (χ3v) is 3.24. The van der Waals surface area contributed by atoms with Gasteiger partial charge in [-0.1, -0.05) is 12.1 Å². The average Bonchev–Trinajstić information content (AvgIpc) is 2.33. The maximum atomic E-state index is 5.22. The van der Waals surface area contributed by atoms with Crippen molar-refractivity contribution in [3.05, 3.63) is 27.8 Å². The Morgan fingerprint density at radius 3 is 3.00 bits per heavy atom. The van der Waals surface area contributed by atoms with Gasteiger partial charge in [-0.05, 0) is 32.9 Å². The first-order valence-corrected chi connectivity index (χ1v) is 5.00. The first kappa shape index (κ1) is 5.41. The lowest BCUT2D eigenvalue weighted by Crippen LogP contribution is -1.80. The van der Waals surface area contributed by atoms with Crippen molar-refractivity contribution in [3.8, 4) is 5.75 Å². The maximum absolute atomic E-state index is 5.22. The van der Waals surface area contributed by atoms with Crippen molar-refractivity contribution in [2.45, 2.75) is 0 Å². The second-order valence-corrected chi connectivity index (χ2v) is 4.04. The number of benzene rings is 1. The highest BCUT2D eigenvalue weighted by atomic mass is 127. The van der Waals surface area contributed by atoms with E-state index >= 15 is 0 Å². The Kier molecular flexibility index (Phi) is 1.26. The van der Waals surface area contributed by atoms with Crippen LogP contribution in [0.15, 0.2) is 24.3 Å². The van der Waals surface area contributed by atoms with Gasteiger partial charge in [0.1, 0.15) is 9.95 Å². The number of hydrogen-bond donors (Lipinski definition) is 0. The van der Waals surface area contributed by atoms with Gasteiger partial charge in [0.2, 0.25) is 0 Å². The van der Waals surface area contributed by atoms with Gasteiger partial charge in [0, 0.05) is 0 Å². The number of rotatable bonds is 0. The van der Waals surface area contributed by atoms with Crippen molar-refractivity contribution in [3.63, 3.8) is 0 Å². The minimum Gasteiger partial charge on any atom is -0.458 e. The van der Waals surface area contributed by atoms with Gasteiger partial charge in [-0.15, -0.1) is 0 Å². The molecule has 1 heterocycles. The predicted octanol–water partition coefficient (Wildman–Crippen LogP) is 1.98. The molecule has 0 radical (unpaired) electrons. The summed E-state index contributed by atoms with van der Waals surface area (Å²) in [5.74, 6) is 1.06. The van der Waals surface area contributed by atoms with Crippen LogP contribution >= 0.6 is 20.7 Å². The maximum Gasteiger partial charge on any atom is 0.140 e. The normalized spacial score (nSPS) is 13.8. The minimum absolute atomic E-state index is 0.0753. The lowest BCUT2D eigenvalue weighted by molar-refractivity contribution is 0.586. The van der Waals surface area contributed by atoms with E-state index in [1.165, 1.54) is 3.57 Å². The topological polar surface area (TPSA) is 9.23 Å². The zero-order chi connectivity index (χ0) is 6.10. The highest BCUT2D eigenvalue weighted by Crippen LogP contribution is 2.27. The Hall–Kier alpha value is -0.380. The molecule has 9 heavy (non-hydrogen) atoms. The van der Waals surface area contributed by atoms with Crippen molar-refractivity contribution >= 4 is 24.9 Å². The summed E-state index contributed by atoms with van der Waals surface area (Å²) in [7, 11) is 0. The van der Waals surface area contributed by atoms with Crippen LogP contribution in [-0.2, 0) is 0 Å². The van der Waals surface area contributed by atoms with E-state index in [1.807, 2.05) is 16.3 Å². The molecule has 0 amide bonds. The Morgan fingerprint density at radius 1 is 1.22 bits per heavy atom. The van der Waals surface area contributed by atoms with Crippen LogP contribution < -0.4 is 4.74 Å². The van der Waals surface area contributed by atoms with Gasteiger partial charge in [0.05, 0.1) is 3.57 Å². The third-order valence-electron chi connectivity index (χ3n) is 1.17. The number of hydrogen-bond acceptors (Lipinski definition) is 1. The van der Waals surface area contributed by atoms with E-state index in [-0.39, 0.29) is 20.7 Å². The number of para-hydroxylation sites is 1. The third kappa shape index (κ3) is 0.871. The number of ether oxygens (including phenoxy) is 1. The molecule has 2 rings (SSSR count). The molecule has 0 spiro atoms. The molecular weight excluding hydrogens is 227 g/mol. The molecule has 0 unspecified atom stereocenters. The molecule has 1 nitrogen and oxygen atoms in total. The zero-order valence-electron chi connectivity index (χ0n) is 4.67. The molecule has 0 saturated carbocycles. The first-order valence-electron chi connectivity index (χ1n) is 2.67. The highest BCUT2D eigenvalue weighted by molar-refractivity contribution is 14.2. The number of fused-ring (bicyclic) bond motifs is 1. The van der Waals surface area contributed by atoms with Crippen LogP contribution in [0.3, 0.4) is 0 Å². The van der Waals surface area contributed by atoms with Crippen molar-refractivity contribution in [2.75, 3.05) is 0 Å². The Morgan fingerprint density at radius 2 is 2.11 bits per heavy atom. The van der Waals surface area contributed by atoms with Crippen molar-refractivity contribution < 1.29 is 4.74 Å². The van der Waals surface area contributed by atoms with Crippen LogP contribution in [0, 0.1) is 3.57 Å². The van der Waals surface area contributed by atoms with Gasteiger partial charge in [-0.2, -0.15) is 0 Å². The summed E-state index contributed by atoms with van der Waals surface area (Å²) in [5, 5.41) is 0. The summed E-state index contributed by atoms with van der Waals surface area (Å²) in [4.78, 5) is 0. The monoisotopic (exact) mass is 232 g/mol. The largest absolute Gasteiger partial charge is 0.458 e. The fourth-order valence-electron chi connectivity index (χ4n) is 0.749. The molecule has 0 saturated heterocycles. The Balaban J connectivity index is 2.63. The Labute approximate surface area is 63.4 Å². The van der Waals surface area contributed by atoms with E-state index in [4.69, 9.17) is 4.74 Å². The smallest absolute Gasteiger partial charge is 0.140 e. The van der Waals surface area contributed by atoms with Crippen LogP contribution in [0.1, 0.15) is 0 Å². The van der Waals surface area contributed by atoms with E-state index in [0.717, 1.165) is 5.75 Å². The molecular formula is C7H5IO. The lowest BCUT2D eigenvalue weighted by atomic mass is 10.3. The summed E-state index contributed by atoms with van der Waals surface area (Å²) in [5.41, 5.74) is 0. The quantitative estimate of drug-likeness (QED) is 0.621. The number of halogens is 1. The molecule has 1 aliphatic rings. The standard InChI is InChI=1S/C7H5IO/c1-2-4-7-6(3-1)8-5-9-7/h1-5H. The van der Waals surface area contributed by atoms with Crippen LogP contribution in [0.2, 0.25) is 0 Å². The van der Waals surface area contributed by atoms with Crippen molar-refractivity contribution in [2.24, 2.45) is 0 Å². The summed E-state index contributed by atoms with van der Waals surface area (Å²) < 4.78 is 8.56. The molecule has 0 N–H and O–H groups in total. The van der Waals surface area contributed by atoms with Gasteiger partial charge >= 0.3 is 0 Å². The highest BCUT2D eigenvalue weighted by Gasteiger charge is 2.02. The van der Waals surface area contributed by atoms with E-state index in [9.17, 15) is 0 Å². The van der Waals surface area contributed by atoms with Crippen molar-refractivity contribution in [1.29, 1.82) is 0 Å². The summed E-state index contributed by atoms with van der Waals surface area (Å²) >= 11 is 0.0753. The second kappa shape index (κ2) is 2.10. The molecule has 0 bridgehead atoms. The van der Waals surface area contributed by atoms with Gasteiger partial charge in [-0.3, -0.25) is 0 Å². The second-order valence-electron chi connectivity index (χ2n) is 1.75. The molecule has 0 aromatic heterocycles. The van der Waals surface area contributed by atoms with Gasteiger partial charge in [-0.25, -0.2) is 0 Å². The Bertz CT molecular complexity index is 255. The van der Waals surface area contributed by atoms with E-state index in [1.54, 1.807) is 0 Å². The fraction of sp³-hybridized carbons (Fsp3) is 0. The average molecular weight is 232 g/mol. The molecule has 1 aliphatic heterocycles. The van der Waals surface area contributed by atoms with Crippen molar-refractivity contribution in [1.82, 2.24) is 0 Å². The molecule has 2 heteroatoms. The van der Waals surface area contributed by atoms with E-state index in [2.05, 4.69) is 12.1 Å². The van der Waals surface area contributed by atoms with Gasteiger partial charge in [0.25, 0.3) is 0 Å². The first-order chi connectivity index (χ1) is 4.47. The molecule has 0 atom stereocenters. The summed E-state index contributed by atoms with van der Waals surface area (Å²) in [6.45, 7) is 0. The van der Waals surface area contributed by atoms with Crippen LogP contribution in [0.4, 0.5) is 0 Å². The van der Waals surface area contributed by atoms with Crippen LogP contribution in [0.25, 0.3) is 0 Å². The lowest BCUT2D eigenvalue weighted by Gasteiger charge is -1.92. The molecule has 1 aromatic rings. The summed E-state index contributed by atoms with van der Waals surface area (Å²) in [6, 6.07) is 8.20. The minimum atomic E-state index is 0.0753. The van der Waals surface area contributed by atoms with E-state index < -0.39 is 0 Å². The fourth-order valence-corrected chi connectivity index (χ4v) is 2.45. The SMILES string of the molecule is C1=Ic2ccccc2O1.